The minimum absolute atomic E-state index is 0.0171. The zero-order valence-electron chi connectivity index (χ0n) is 8.71. The number of halogens is 4. The molecule has 7 heteroatoms. The van der Waals surface area contributed by atoms with E-state index in [1.165, 1.54) is 0 Å². The van der Waals surface area contributed by atoms with Gasteiger partial charge in [0.1, 0.15) is 11.4 Å². The Balaban J connectivity index is 2.16. The zero-order valence-corrected chi connectivity index (χ0v) is 8.71. The van der Waals surface area contributed by atoms with Crippen LogP contribution in [0.4, 0.5) is 17.6 Å². The molecule has 94 valence electrons. The molecule has 0 bridgehead atoms. The fourth-order valence-electron chi connectivity index (χ4n) is 2.72. The Labute approximate surface area is 94.0 Å². The lowest BCUT2D eigenvalue weighted by molar-refractivity contribution is -0.0315. The van der Waals surface area contributed by atoms with Gasteiger partial charge in [0, 0.05) is 11.5 Å². The molecule has 1 N–H and O–H groups in total. The molecule has 3 rings (SSSR count). The van der Waals surface area contributed by atoms with Crippen molar-refractivity contribution in [2.45, 2.75) is 31.2 Å². The second-order valence-electron chi connectivity index (χ2n) is 4.47. The lowest BCUT2D eigenvalue weighted by Gasteiger charge is -2.14. The Bertz CT molecular complexity index is 471. The van der Waals surface area contributed by atoms with Crippen LogP contribution in [-0.2, 0) is 12.5 Å². The normalized spacial score (nSPS) is 28.4. The molecule has 1 aromatic rings. The van der Waals surface area contributed by atoms with Crippen molar-refractivity contribution in [3.05, 3.63) is 17.0 Å². The third-order valence-electron chi connectivity index (χ3n) is 3.48. The summed E-state index contributed by atoms with van der Waals surface area (Å²) < 4.78 is 54.0. The summed E-state index contributed by atoms with van der Waals surface area (Å²) in [5.74, 6) is -4.41. The highest BCUT2D eigenvalue weighted by molar-refractivity contribution is 5.46. The Morgan fingerprint density at radius 3 is 2.76 bits per heavy atom. The molecule has 2 atom stereocenters. The van der Waals surface area contributed by atoms with Crippen molar-refractivity contribution < 1.29 is 22.7 Å². The van der Waals surface area contributed by atoms with Gasteiger partial charge in [0.15, 0.2) is 0 Å². The molecule has 2 unspecified atom stereocenters. The van der Waals surface area contributed by atoms with Crippen LogP contribution >= 0.6 is 0 Å². The van der Waals surface area contributed by atoms with E-state index in [4.69, 9.17) is 5.11 Å². The Hall–Kier alpha value is -1.11. The summed E-state index contributed by atoms with van der Waals surface area (Å²) in [6.45, 7) is -0.577. The zero-order chi connectivity index (χ0) is 12.4. The smallest absolute Gasteiger partial charge is 0.293 e. The van der Waals surface area contributed by atoms with E-state index in [1.54, 1.807) is 0 Å². The molecule has 2 aliphatic rings. The molecule has 1 aromatic heterocycles. The van der Waals surface area contributed by atoms with Gasteiger partial charge >= 0.3 is 0 Å². The Kier molecular flexibility index (Phi) is 2.08. The van der Waals surface area contributed by atoms with Gasteiger partial charge in [0.25, 0.3) is 12.3 Å². The molecule has 0 aromatic carbocycles. The van der Waals surface area contributed by atoms with Gasteiger partial charge in [-0.1, -0.05) is 0 Å². The maximum Gasteiger partial charge on any atom is 0.293 e. The number of alkyl halides is 4. The highest BCUT2D eigenvalue weighted by atomic mass is 19.3. The minimum Gasteiger partial charge on any atom is -0.394 e. The maximum atomic E-state index is 13.8. The van der Waals surface area contributed by atoms with Gasteiger partial charge < -0.3 is 5.11 Å². The summed E-state index contributed by atoms with van der Waals surface area (Å²) in [6, 6.07) is 0. The topological polar surface area (TPSA) is 38.0 Å². The number of hydrogen-bond donors (Lipinski definition) is 1. The average molecular weight is 250 g/mol. The molecule has 1 fully saturated rings. The highest BCUT2D eigenvalue weighted by Crippen LogP contribution is 2.68. The molecule has 1 saturated carbocycles. The van der Waals surface area contributed by atoms with E-state index >= 15 is 0 Å². The standard InChI is InChI=1S/C10H10F4N2O/c11-9(12)7-6-4-3-5(4)10(13,14)8(6)16(15-7)1-2-17/h4-5,9,17H,1-3H2. The number of aliphatic hydroxyl groups excluding tert-OH is 1. The second kappa shape index (κ2) is 3.22. The van der Waals surface area contributed by atoms with E-state index in [1.807, 2.05) is 0 Å². The van der Waals surface area contributed by atoms with Crippen LogP contribution in [0.15, 0.2) is 0 Å². The van der Waals surface area contributed by atoms with Gasteiger partial charge in [-0.2, -0.15) is 13.9 Å². The Morgan fingerprint density at radius 2 is 2.18 bits per heavy atom. The average Bonchev–Trinajstić information content (AvgIpc) is 2.89. The summed E-state index contributed by atoms with van der Waals surface area (Å²) in [7, 11) is 0. The molecule has 0 saturated heterocycles. The summed E-state index contributed by atoms with van der Waals surface area (Å²) in [5, 5.41) is 12.3. The van der Waals surface area contributed by atoms with Crippen LogP contribution < -0.4 is 0 Å². The molecule has 0 amide bonds. The third-order valence-corrected chi connectivity index (χ3v) is 3.48. The molecule has 1 heterocycles. The highest BCUT2D eigenvalue weighted by Gasteiger charge is 2.67. The largest absolute Gasteiger partial charge is 0.394 e. The van der Waals surface area contributed by atoms with Gasteiger partial charge in [-0.3, -0.25) is 4.68 Å². The number of nitrogens with zero attached hydrogens (tertiary/aromatic N) is 2. The lowest BCUT2D eigenvalue weighted by Crippen LogP contribution is -2.21. The van der Waals surface area contributed by atoms with Crippen LogP contribution in [0.3, 0.4) is 0 Å². The predicted octanol–water partition coefficient (Wildman–Crippen LogP) is 2.02. The molecule has 0 aliphatic heterocycles. The summed E-state index contributed by atoms with van der Waals surface area (Å²) in [4.78, 5) is 0. The van der Waals surface area contributed by atoms with Crippen LogP contribution in [0, 0.1) is 5.92 Å². The van der Waals surface area contributed by atoms with Crippen LogP contribution in [0.1, 0.15) is 35.7 Å². The number of aliphatic hydroxyl groups is 1. The molecule has 2 aliphatic carbocycles. The summed E-state index contributed by atoms with van der Waals surface area (Å²) >= 11 is 0. The van der Waals surface area contributed by atoms with Crippen molar-refractivity contribution >= 4 is 0 Å². The lowest BCUT2D eigenvalue weighted by atomic mass is 10.1. The van der Waals surface area contributed by atoms with Crippen molar-refractivity contribution in [1.29, 1.82) is 0 Å². The van der Waals surface area contributed by atoms with Crippen LogP contribution in [0.25, 0.3) is 0 Å². The maximum absolute atomic E-state index is 13.8. The van der Waals surface area contributed by atoms with Crippen LogP contribution in [0.5, 0.6) is 0 Å². The van der Waals surface area contributed by atoms with Crippen molar-refractivity contribution in [2.75, 3.05) is 6.61 Å². The SMILES string of the molecule is OCCn1nc(C(F)F)c2c1C(F)(F)C1CC21. The van der Waals surface area contributed by atoms with Crippen LogP contribution in [-0.4, -0.2) is 21.5 Å². The second-order valence-corrected chi connectivity index (χ2v) is 4.47. The number of fused-ring (bicyclic) bond motifs is 3. The first-order chi connectivity index (χ1) is 7.98. The van der Waals surface area contributed by atoms with E-state index in [2.05, 4.69) is 5.10 Å². The molecular formula is C10H10F4N2O. The Morgan fingerprint density at radius 1 is 1.47 bits per heavy atom. The van der Waals surface area contributed by atoms with Crippen LogP contribution in [0.2, 0.25) is 0 Å². The number of rotatable bonds is 3. The fourth-order valence-corrected chi connectivity index (χ4v) is 2.72. The van der Waals surface area contributed by atoms with Gasteiger partial charge in [0.05, 0.1) is 13.2 Å². The molecule has 0 radical (unpaired) electrons. The molecule has 3 nitrogen and oxygen atoms in total. The van der Waals surface area contributed by atoms with Crippen molar-refractivity contribution in [1.82, 2.24) is 9.78 Å². The van der Waals surface area contributed by atoms with E-state index in [9.17, 15) is 17.6 Å². The third kappa shape index (κ3) is 1.28. The molecular weight excluding hydrogens is 240 g/mol. The number of aromatic nitrogens is 2. The van der Waals surface area contributed by atoms with E-state index < -0.39 is 42.2 Å². The van der Waals surface area contributed by atoms with E-state index in [-0.39, 0.29) is 18.5 Å². The molecule has 0 spiro atoms. The van der Waals surface area contributed by atoms with Crippen molar-refractivity contribution in [3.8, 4) is 0 Å². The van der Waals surface area contributed by atoms with Gasteiger partial charge in [0.2, 0.25) is 0 Å². The monoisotopic (exact) mass is 250 g/mol. The van der Waals surface area contributed by atoms with Gasteiger partial charge in [-0.15, -0.1) is 0 Å². The van der Waals surface area contributed by atoms with Crippen molar-refractivity contribution in [2.24, 2.45) is 5.92 Å². The van der Waals surface area contributed by atoms with E-state index in [0.29, 0.717) is 0 Å². The van der Waals surface area contributed by atoms with Gasteiger partial charge in [-0.05, 0) is 12.3 Å². The van der Waals surface area contributed by atoms with E-state index in [0.717, 1.165) is 4.68 Å². The first kappa shape index (κ1) is 11.0. The number of hydrogen-bond acceptors (Lipinski definition) is 2. The fraction of sp³-hybridized carbons (Fsp3) is 0.700. The summed E-state index contributed by atoms with van der Waals surface area (Å²) in [5.41, 5.74) is -0.940. The minimum atomic E-state index is -3.09. The van der Waals surface area contributed by atoms with Gasteiger partial charge in [-0.25, -0.2) is 8.78 Å². The van der Waals surface area contributed by atoms with Crippen molar-refractivity contribution in [3.63, 3.8) is 0 Å². The quantitative estimate of drug-likeness (QED) is 0.833. The molecule has 17 heavy (non-hydrogen) atoms. The predicted molar refractivity (Wildman–Crippen MR) is 49.0 cm³/mol. The first-order valence-electron chi connectivity index (χ1n) is 5.36. The summed E-state index contributed by atoms with van der Waals surface area (Å²) in [6.07, 6.45) is -2.59. The first-order valence-corrected chi connectivity index (χ1v) is 5.36.